The Kier molecular flexibility index (Phi) is 7.16. The molecule has 0 saturated carbocycles. The van der Waals surface area contributed by atoms with Gasteiger partial charge in [-0.15, -0.1) is 0 Å². The summed E-state index contributed by atoms with van der Waals surface area (Å²) >= 11 is 12.5. The van der Waals surface area contributed by atoms with E-state index in [2.05, 4.69) is 17.1 Å². The molecule has 0 bridgehead atoms. The van der Waals surface area contributed by atoms with E-state index in [1.165, 1.54) is 0 Å². The van der Waals surface area contributed by atoms with Gasteiger partial charge in [0.1, 0.15) is 0 Å². The monoisotopic (exact) mass is 493 g/mol. The molecule has 0 spiro atoms. The standard InChI is InChI=1S/C23H29Cl2N5O3/c1-3-27-9-11-28(12-10-27)19(31)7-8-29-14-18-20(22(29)32)21(26-23(33)30(18)4-2)16-6-5-15(24)13-17(16)25/h5-6,13,21H,3-4,7-12,14H2,1-2H3,(H,26,33). The first-order valence-corrected chi connectivity index (χ1v) is 12.1. The molecule has 8 nitrogen and oxygen atoms in total. The molecule has 4 rings (SSSR count). The summed E-state index contributed by atoms with van der Waals surface area (Å²) in [7, 11) is 0. The van der Waals surface area contributed by atoms with Gasteiger partial charge in [-0.3, -0.25) is 14.5 Å². The van der Waals surface area contributed by atoms with Crippen molar-refractivity contribution in [2.45, 2.75) is 26.3 Å². The topological polar surface area (TPSA) is 76.2 Å². The van der Waals surface area contributed by atoms with Crippen molar-refractivity contribution in [3.05, 3.63) is 45.1 Å². The highest BCUT2D eigenvalue weighted by atomic mass is 35.5. The number of benzene rings is 1. The number of rotatable bonds is 6. The van der Waals surface area contributed by atoms with E-state index >= 15 is 0 Å². The van der Waals surface area contributed by atoms with Crippen molar-refractivity contribution in [2.75, 3.05) is 52.4 Å². The van der Waals surface area contributed by atoms with Crippen molar-refractivity contribution in [3.63, 3.8) is 0 Å². The van der Waals surface area contributed by atoms with Crippen LogP contribution in [0.2, 0.25) is 10.0 Å². The number of piperazine rings is 1. The van der Waals surface area contributed by atoms with Crippen LogP contribution in [0.25, 0.3) is 0 Å². The van der Waals surface area contributed by atoms with E-state index in [9.17, 15) is 14.4 Å². The lowest BCUT2D eigenvalue weighted by atomic mass is 9.95. The molecule has 0 radical (unpaired) electrons. The Hall–Kier alpha value is -2.29. The van der Waals surface area contributed by atoms with Crippen LogP contribution >= 0.6 is 23.2 Å². The predicted octanol–water partition coefficient (Wildman–Crippen LogP) is 2.73. The third kappa shape index (κ3) is 4.69. The number of carbonyl (C=O) groups is 3. The lowest BCUT2D eigenvalue weighted by Crippen LogP contribution is -2.49. The third-order valence-electron chi connectivity index (χ3n) is 6.65. The Bertz CT molecular complexity index is 990. The molecule has 1 atom stereocenters. The first-order chi connectivity index (χ1) is 15.8. The minimum Gasteiger partial charge on any atom is -0.340 e. The smallest absolute Gasteiger partial charge is 0.322 e. The SMILES string of the molecule is CCN1CCN(C(=O)CCN2CC3=C(C2=O)C(c2ccc(Cl)cc2Cl)NC(=O)N3CC)CC1. The highest BCUT2D eigenvalue weighted by Gasteiger charge is 2.44. The third-order valence-corrected chi connectivity index (χ3v) is 7.22. The lowest BCUT2D eigenvalue weighted by molar-refractivity contribution is -0.134. The Balaban J connectivity index is 1.49. The largest absolute Gasteiger partial charge is 0.340 e. The van der Waals surface area contributed by atoms with Crippen LogP contribution in [0.15, 0.2) is 29.5 Å². The normalized spacial score (nSPS) is 21.6. The summed E-state index contributed by atoms with van der Waals surface area (Å²) in [5, 5.41) is 3.78. The molecule has 1 aromatic rings. The number of urea groups is 1. The van der Waals surface area contributed by atoms with Gasteiger partial charge in [0.25, 0.3) is 5.91 Å². The van der Waals surface area contributed by atoms with Crippen LogP contribution in [-0.2, 0) is 9.59 Å². The Morgan fingerprint density at radius 3 is 2.45 bits per heavy atom. The molecular weight excluding hydrogens is 465 g/mol. The van der Waals surface area contributed by atoms with Crippen LogP contribution in [0.4, 0.5) is 4.79 Å². The van der Waals surface area contributed by atoms with Gasteiger partial charge in [0, 0.05) is 55.7 Å². The number of nitrogens with zero attached hydrogens (tertiary/aromatic N) is 4. The molecule has 10 heteroatoms. The quantitative estimate of drug-likeness (QED) is 0.660. The second kappa shape index (κ2) is 9.91. The molecule has 33 heavy (non-hydrogen) atoms. The first-order valence-electron chi connectivity index (χ1n) is 11.4. The average molecular weight is 494 g/mol. The van der Waals surface area contributed by atoms with Crippen molar-refractivity contribution in [2.24, 2.45) is 0 Å². The molecule has 3 aliphatic heterocycles. The Morgan fingerprint density at radius 2 is 1.82 bits per heavy atom. The van der Waals surface area contributed by atoms with Gasteiger partial charge >= 0.3 is 6.03 Å². The molecule has 1 N–H and O–H groups in total. The molecule has 1 fully saturated rings. The van der Waals surface area contributed by atoms with Crippen LogP contribution in [0.1, 0.15) is 31.9 Å². The second-order valence-corrected chi connectivity index (χ2v) is 9.29. The highest BCUT2D eigenvalue weighted by Crippen LogP contribution is 2.39. The minimum absolute atomic E-state index is 0.0577. The van der Waals surface area contributed by atoms with Crippen molar-refractivity contribution >= 4 is 41.0 Å². The van der Waals surface area contributed by atoms with E-state index in [1.54, 1.807) is 28.0 Å². The van der Waals surface area contributed by atoms with E-state index < -0.39 is 6.04 Å². The van der Waals surface area contributed by atoms with E-state index in [4.69, 9.17) is 23.2 Å². The first kappa shape index (κ1) is 23.9. The van der Waals surface area contributed by atoms with Crippen LogP contribution in [0.3, 0.4) is 0 Å². The molecule has 1 saturated heterocycles. The van der Waals surface area contributed by atoms with E-state index in [1.807, 2.05) is 11.8 Å². The van der Waals surface area contributed by atoms with Gasteiger partial charge in [0.15, 0.2) is 0 Å². The van der Waals surface area contributed by atoms with Gasteiger partial charge in [0.2, 0.25) is 5.91 Å². The van der Waals surface area contributed by atoms with Crippen LogP contribution < -0.4 is 5.32 Å². The van der Waals surface area contributed by atoms with Gasteiger partial charge in [-0.05, 0) is 31.2 Å². The van der Waals surface area contributed by atoms with Gasteiger partial charge in [-0.25, -0.2) is 4.79 Å². The molecule has 178 valence electrons. The van der Waals surface area contributed by atoms with Crippen molar-refractivity contribution < 1.29 is 14.4 Å². The predicted molar refractivity (Wildman–Crippen MR) is 127 cm³/mol. The van der Waals surface area contributed by atoms with E-state index in [0.29, 0.717) is 59.6 Å². The molecule has 3 aliphatic rings. The summed E-state index contributed by atoms with van der Waals surface area (Å²) in [6.07, 6.45) is 0.262. The van der Waals surface area contributed by atoms with Crippen LogP contribution in [0, 0.1) is 0 Å². The van der Waals surface area contributed by atoms with Gasteiger partial charge in [-0.1, -0.05) is 36.2 Å². The number of carbonyl (C=O) groups excluding carboxylic acids is 3. The Morgan fingerprint density at radius 1 is 1.09 bits per heavy atom. The molecule has 3 heterocycles. The number of likely N-dealkylation sites (N-methyl/N-ethyl adjacent to an activating group) is 2. The highest BCUT2D eigenvalue weighted by molar-refractivity contribution is 6.35. The molecule has 4 amide bonds. The lowest BCUT2D eigenvalue weighted by Gasteiger charge is -2.34. The minimum atomic E-state index is -0.657. The number of amides is 4. The zero-order chi connectivity index (χ0) is 23.7. The summed E-state index contributed by atoms with van der Waals surface area (Å²) in [5.41, 5.74) is 1.80. The summed E-state index contributed by atoms with van der Waals surface area (Å²) in [6.45, 7) is 9.21. The van der Waals surface area contributed by atoms with Gasteiger partial charge in [-0.2, -0.15) is 0 Å². The molecular formula is C23H29Cl2N5O3. The van der Waals surface area contributed by atoms with Crippen LogP contribution in [-0.4, -0.2) is 89.8 Å². The average Bonchev–Trinajstić information content (AvgIpc) is 3.13. The molecule has 0 aliphatic carbocycles. The summed E-state index contributed by atoms with van der Waals surface area (Å²) < 4.78 is 0. The number of hydrogen-bond donors (Lipinski definition) is 1. The maximum Gasteiger partial charge on any atom is 0.322 e. The fraction of sp³-hybridized carbons (Fsp3) is 0.522. The number of nitrogens with one attached hydrogen (secondary N) is 1. The van der Waals surface area contributed by atoms with E-state index in [0.717, 1.165) is 19.6 Å². The molecule has 0 aromatic heterocycles. The summed E-state index contributed by atoms with van der Waals surface area (Å²) in [6, 6.07) is 4.10. The van der Waals surface area contributed by atoms with Crippen molar-refractivity contribution in [1.82, 2.24) is 24.9 Å². The van der Waals surface area contributed by atoms with Gasteiger partial charge in [0.05, 0.1) is 23.9 Å². The van der Waals surface area contributed by atoms with Crippen molar-refractivity contribution in [1.29, 1.82) is 0 Å². The van der Waals surface area contributed by atoms with Crippen molar-refractivity contribution in [3.8, 4) is 0 Å². The van der Waals surface area contributed by atoms with Crippen LogP contribution in [0.5, 0.6) is 0 Å². The fourth-order valence-electron chi connectivity index (χ4n) is 4.73. The van der Waals surface area contributed by atoms with Gasteiger partial charge < -0.3 is 20.0 Å². The fourth-order valence-corrected chi connectivity index (χ4v) is 5.25. The molecule has 1 aromatic carbocycles. The molecule has 1 unspecified atom stereocenters. The Labute approximate surface area is 204 Å². The van der Waals surface area contributed by atoms with E-state index in [-0.39, 0.29) is 24.3 Å². The number of hydrogen-bond acceptors (Lipinski definition) is 4. The summed E-state index contributed by atoms with van der Waals surface area (Å²) in [5.74, 6) is -0.120. The maximum absolute atomic E-state index is 13.4. The zero-order valence-corrected chi connectivity index (χ0v) is 20.5. The summed E-state index contributed by atoms with van der Waals surface area (Å²) in [4.78, 5) is 46.4. The maximum atomic E-state index is 13.4. The zero-order valence-electron chi connectivity index (χ0n) is 18.9. The second-order valence-electron chi connectivity index (χ2n) is 8.44. The number of halogens is 2.